The van der Waals surface area contributed by atoms with Crippen molar-refractivity contribution in [3.63, 3.8) is 0 Å². The molecule has 1 amide bonds. The van der Waals surface area contributed by atoms with Crippen LogP contribution in [-0.4, -0.2) is 48.5 Å². The number of nitro benzene ring substituents is 1. The number of nitro groups is 1. The van der Waals surface area contributed by atoms with Crippen LogP contribution in [0.4, 0.5) is 17.1 Å². The largest absolute Gasteiger partial charge is 0.368 e. The first-order valence-corrected chi connectivity index (χ1v) is 8.67. The molecule has 0 radical (unpaired) electrons. The van der Waals surface area contributed by atoms with E-state index in [4.69, 9.17) is 11.6 Å². The molecule has 0 saturated carbocycles. The van der Waals surface area contributed by atoms with E-state index in [2.05, 4.69) is 15.1 Å². The number of hydrogen-bond acceptors (Lipinski definition) is 5. The van der Waals surface area contributed by atoms with Crippen molar-refractivity contribution in [1.29, 1.82) is 0 Å². The highest BCUT2D eigenvalue weighted by molar-refractivity contribution is 6.33. The fourth-order valence-electron chi connectivity index (χ4n) is 2.94. The lowest BCUT2D eigenvalue weighted by molar-refractivity contribution is -0.384. The van der Waals surface area contributed by atoms with Crippen molar-refractivity contribution in [2.24, 2.45) is 0 Å². The fourth-order valence-corrected chi connectivity index (χ4v) is 3.23. The van der Waals surface area contributed by atoms with Gasteiger partial charge in [0.05, 0.1) is 22.2 Å². The van der Waals surface area contributed by atoms with Gasteiger partial charge < -0.3 is 10.2 Å². The molecule has 2 aromatic carbocycles. The number of piperazine rings is 1. The number of non-ortho nitro benzene ring substituents is 1. The summed E-state index contributed by atoms with van der Waals surface area (Å²) in [4.78, 5) is 26.6. The third-order valence-electron chi connectivity index (χ3n) is 4.28. The number of rotatable bonds is 5. The first-order valence-electron chi connectivity index (χ1n) is 8.29. The van der Waals surface area contributed by atoms with Gasteiger partial charge in [0.15, 0.2) is 0 Å². The van der Waals surface area contributed by atoms with E-state index >= 15 is 0 Å². The van der Waals surface area contributed by atoms with Crippen LogP contribution in [-0.2, 0) is 4.79 Å². The first-order chi connectivity index (χ1) is 12.5. The Balaban J connectivity index is 1.53. The Morgan fingerprint density at radius 3 is 2.42 bits per heavy atom. The minimum absolute atomic E-state index is 0.0185. The Morgan fingerprint density at radius 2 is 1.81 bits per heavy atom. The summed E-state index contributed by atoms with van der Waals surface area (Å²) < 4.78 is 0. The second kappa shape index (κ2) is 8.16. The third kappa shape index (κ3) is 4.50. The van der Waals surface area contributed by atoms with E-state index in [0.717, 1.165) is 24.5 Å². The van der Waals surface area contributed by atoms with Gasteiger partial charge in [-0.15, -0.1) is 0 Å². The number of nitrogens with one attached hydrogen (secondary N) is 1. The van der Waals surface area contributed by atoms with Crippen LogP contribution in [0.3, 0.4) is 0 Å². The Morgan fingerprint density at radius 1 is 1.12 bits per heavy atom. The fraction of sp³-hybridized carbons (Fsp3) is 0.278. The van der Waals surface area contributed by atoms with Crippen molar-refractivity contribution in [2.75, 3.05) is 42.9 Å². The number of carbonyl (C=O) groups is 1. The minimum atomic E-state index is -0.459. The number of nitrogens with zero attached hydrogens (tertiary/aromatic N) is 3. The summed E-state index contributed by atoms with van der Waals surface area (Å²) >= 11 is 6.19. The van der Waals surface area contributed by atoms with E-state index in [1.54, 1.807) is 6.07 Å². The van der Waals surface area contributed by atoms with Gasteiger partial charge in [0.1, 0.15) is 0 Å². The Hall–Kier alpha value is -2.64. The minimum Gasteiger partial charge on any atom is -0.368 e. The van der Waals surface area contributed by atoms with Gasteiger partial charge in [-0.05, 0) is 18.2 Å². The van der Waals surface area contributed by atoms with Crippen LogP contribution in [0, 0.1) is 10.1 Å². The quantitative estimate of drug-likeness (QED) is 0.643. The lowest BCUT2D eigenvalue weighted by atomic mass is 10.2. The maximum absolute atomic E-state index is 12.1. The summed E-state index contributed by atoms with van der Waals surface area (Å²) in [7, 11) is 0. The molecule has 136 valence electrons. The molecule has 1 N–H and O–H groups in total. The van der Waals surface area contributed by atoms with E-state index < -0.39 is 4.92 Å². The molecule has 7 nitrogen and oxygen atoms in total. The molecule has 1 saturated heterocycles. The predicted molar refractivity (Wildman–Crippen MR) is 102 cm³/mol. The van der Waals surface area contributed by atoms with E-state index in [0.29, 0.717) is 24.7 Å². The molecule has 1 heterocycles. The molecule has 8 heteroatoms. The van der Waals surface area contributed by atoms with E-state index in [1.807, 2.05) is 30.3 Å². The zero-order chi connectivity index (χ0) is 18.5. The third-order valence-corrected chi connectivity index (χ3v) is 4.58. The Labute approximate surface area is 156 Å². The van der Waals surface area contributed by atoms with Crippen LogP contribution in [0.1, 0.15) is 0 Å². The summed E-state index contributed by atoms with van der Waals surface area (Å²) in [6.07, 6.45) is 0. The van der Waals surface area contributed by atoms with Gasteiger partial charge in [-0.3, -0.25) is 19.8 Å². The van der Waals surface area contributed by atoms with Crippen molar-refractivity contribution in [3.8, 4) is 0 Å². The van der Waals surface area contributed by atoms with E-state index in [1.165, 1.54) is 12.1 Å². The first kappa shape index (κ1) is 18.2. The molecule has 3 rings (SSSR count). The zero-order valence-electron chi connectivity index (χ0n) is 14.1. The highest BCUT2D eigenvalue weighted by Crippen LogP contribution is 2.30. The summed E-state index contributed by atoms with van der Waals surface area (Å²) in [5, 5.41) is 14.1. The van der Waals surface area contributed by atoms with Gasteiger partial charge in [-0.25, -0.2) is 0 Å². The topological polar surface area (TPSA) is 78.7 Å². The van der Waals surface area contributed by atoms with E-state index in [-0.39, 0.29) is 11.6 Å². The number of amides is 1. The highest BCUT2D eigenvalue weighted by Gasteiger charge is 2.21. The zero-order valence-corrected chi connectivity index (χ0v) is 14.9. The average Bonchev–Trinajstić information content (AvgIpc) is 2.63. The molecule has 26 heavy (non-hydrogen) atoms. The number of carbonyl (C=O) groups excluding carboxylic acids is 1. The Bertz CT molecular complexity index is 792. The number of para-hydroxylation sites is 1. The molecule has 0 spiro atoms. The van der Waals surface area contributed by atoms with Gasteiger partial charge in [0.2, 0.25) is 5.91 Å². The smallest absolute Gasteiger partial charge is 0.271 e. The average molecular weight is 375 g/mol. The van der Waals surface area contributed by atoms with Gasteiger partial charge in [-0.2, -0.15) is 0 Å². The maximum Gasteiger partial charge on any atom is 0.271 e. The normalized spacial score (nSPS) is 14.9. The molecule has 0 aliphatic carbocycles. The predicted octanol–water partition coefficient (Wildman–Crippen LogP) is 3.01. The van der Waals surface area contributed by atoms with Crippen molar-refractivity contribution >= 4 is 34.6 Å². The van der Waals surface area contributed by atoms with Gasteiger partial charge in [-0.1, -0.05) is 29.8 Å². The highest BCUT2D eigenvalue weighted by atomic mass is 35.5. The second-order valence-electron chi connectivity index (χ2n) is 6.07. The maximum atomic E-state index is 12.1. The van der Waals surface area contributed by atoms with E-state index in [9.17, 15) is 14.9 Å². The molecular formula is C18H19ClN4O3. The van der Waals surface area contributed by atoms with Crippen molar-refractivity contribution in [1.82, 2.24) is 4.90 Å². The number of benzene rings is 2. The standard InChI is InChI=1S/C18H19ClN4O3/c19-16-12-15(23(25)26)6-7-17(16)22-10-8-21(9-11-22)13-18(24)20-14-4-2-1-3-5-14/h1-7,12H,8-11,13H2,(H,20,24). The molecule has 1 aliphatic heterocycles. The molecule has 0 atom stereocenters. The SMILES string of the molecule is O=C(CN1CCN(c2ccc([N+](=O)[O-])cc2Cl)CC1)Nc1ccccc1. The monoisotopic (exact) mass is 374 g/mol. The van der Waals surface area contributed by atoms with Crippen LogP contribution in [0.15, 0.2) is 48.5 Å². The van der Waals surface area contributed by atoms with Crippen molar-refractivity contribution in [3.05, 3.63) is 63.7 Å². The van der Waals surface area contributed by atoms with Gasteiger partial charge in [0, 0.05) is 44.0 Å². The molecule has 1 aliphatic rings. The number of halogens is 1. The molecule has 0 bridgehead atoms. The summed E-state index contributed by atoms with van der Waals surface area (Å²) in [6, 6.07) is 13.9. The summed E-state index contributed by atoms with van der Waals surface area (Å²) in [5.74, 6) is -0.0435. The van der Waals surface area contributed by atoms with Crippen LogP contribution in [0.5, 0.6) is 0 Å². The van der Waals surface area contributed by atoms with Crippen LogP contribution in [0.2, 0.25) is 5.02 Å². The molecular weight excluding hydrogens is 356 g/mol. The molecule has 1 fully saturated rings. The number of hydrogen-bond donors (Lipinski definition) is 1. The van der Waals surface area contributed by atoms with Crippen LogP contribution in [0.25, 0.3) is 0 Å². The lowest BCUT2D eigenvalue weighted by Gasteiger charge is -2.36. The molecule has 2 aromatic rings. The van der Waals surface area contributed by atoms with Gasteiger partial charge in [0.25, 0.3) is 5.69 Å². The van der Waals surface area contributed by atoms with Crippen LogP contribution < -0.4 is 10.2 Å². The van der Waals surface area contributed by atoms with Crippen LogP contribution >= 0.6 is 11.6 Å². The Kier molecular flexibility index (Phi) is 5.70. The van der Waals surface area contributed by atoms with Gasteiger partial charge >= 0.3 is 0 Å². The molecule has 0 aromatic heterocycles. The number of anilines is 2. The summed E-state index contributed by atoms with van der Waals surface area (Å²) in [5.41, 5.74) is 1.55. The lowest BCUT2D eigenvalue weighted by Crippen LogP contribution is -2.48. The van der Waals surface area contributed by atoms with Crippen molar-refractivity contribution < 1.29 is 9.72 Å². The summed E-state index contributed by atoms with van der Waals surface area (Å²) in [6.45, 7) is 3.17. The van der Waals surface area contributed by atoms with Crippen molar-refractivity contribution in [2.45, 2.75) is 0 Å². The second-order valence-corrected chi connectivity index (χ2v) is 6.48. The molecule has 0 unspecified atom stereocenters.